The molecule has 1 aromatic rings. The molecule has 0 radical (unpaired) electrons. The molecule has 0 aromatic carbocycles. The van der Waals surface area contributed by atoms with Crippen molar-refractivity contribution in [3.8, 4) is 0 Å². The summed E-state index contributed by atoms with van der Waals surface area (Å²) in [5.74, 6) is -0.0846. The second-order valence-electron chi connectivity index (χ2n) is 8.71. The van der Waals surface area contributed by atoms with Crippen LogP contribution in [0.2, 0.25) is 0 Å². The van der Waals surface area contributed by atoms with E-state index in [1.165, 1.54) is 4.90 Å². The molecule has 0 spiro atoms. The van der Waals surface area contributed by atoms with Gasteiger partial charge < -0.3 is 24.6 Å². The van der Waals surface area contributed by atoms with Gasteiger partial charge in [0.05, 0.1) is 32.0 Å². The SMILES string of the molecule is Cc1cc(C(=O)N(CC[NH+]2CCOCC2)C[C@@H](C)NC(=O)OC(C)(C)C)n(C)n1. The maximum Gasteiger partial charge on any atom is 0.407 e. The number of morpholine rings is 1. The second kappa shape index (κ2) is 10.1. The van der Waals surface area contributed by atoms with Gasteiger partial charge in [-0.2, -0.15) is 5.10 Å². The van der Waals surface area contributed by atoms with Crippen molar-refractivity contribution < 1.29 is 24.0 Å². The van der Waals surface area contributed by atoms with Crippen LogP contribution in [-0.2, 0) is 16.5 Å². The Labute approximate surface area is 173 Å². The van der Waals surface area contributed by atoms with Crippen LogP contribution in [0.3, 0.4) is 0 Å². The van der Waals surface area contributed by atoms with Gasteiger partial charge in [0.1, 0.15) is 24.4 Å². The van der Waals surface area contributed by atoms with Gasteiger partial charge in [0.2, 0.25) is 0 Å². The normalized spacial score (nSPS) is 16.3. The van der Waals surface area contributed by atoms with Crippen LogP contribution in [0, 0.1) is 6.92 Å². The van der Waals surface area contributed by atoms with Crippen LogP contribution in [0.25, 0.3) is 0 Å². The Morgan fingerprint density at radius 2 is 2.03 bits per heavy atom. The van der Waals surface area contributed by atoms with Crippen molar-refractivity contribution in [2.75, 3.05) is 45.9 Å². The fourth-order valence-corrected chi connectivity index (χ4v) is 3.34. The maximum absolute atomic E-state index is 13.2. The third kappa shape index (κ3) is 7.66. The Balaban J connectivity index is 2.03. The largest absolute Gasteiger partial charge is 0.444 e. The number of rotatable bonds is 7. The Morgan fingerprint density at radius 1 is 1.38 bits per heavy atom. The first-order chi connectivity index (χ1) is 13.5. The number of ether oxygens (including phenoxy) is 2. The summed E-state index contributed by atoms with van der Waals surface area (Å²) in [4.78, 5) is 28.5. The topological polar surface area (TPSA) is 90.1 Å². The zero-order valence-corrected chi connectivity index (χ0v) is 18.6. The smallest absolute Gasteiger partial charge is 0.407 e. The molecule has 2 rings (SSSR count). The first-order valence-electron chi connectivity index (χ1n) is 10.3. The van der Waals surface area contributed by atoms with E-state index in [0.29, 0.717) is 18.8 Å². The number of carbonyl (C=O) groups is 2. The molecule has 1 atom stereocenters. The highest BCUT2D eigenvalue weighted by molar-refractivity contribution is 5.92. The summed E-state index contributed by atoms with van der Waals surface area (Å²) >= 11 is 0. The van der Waals surface area contributed by atoms with Crippen molar-refractivity contribution in [1.82, 2.24) is 20.0 Å². The molecule has 164 valence electrons. The van der Waals surface area contributed by atoms with Crippen LogP contribution in [0.4, 0.5) is 4.79 Å². The van der Waals surface area contributed by atoms with E-state index >= 15 is 0 Å². The number of hydrogen-bond donors (Lipinski definition) is 2. The van der Waals surface area contributed by atoms with E-state index in [1.807, 2.05) is 34.6 Å². The number of nitrogens with zero attached hydrogens (tertiary/aromatic N) is 3. The molecule has 2 heterocycles. The molecule has 1 fully saturated rings. The van der Waals surface area contributed by atoms with Gasteiger partial charge in [-0.05, 0) is 40.7 Å². The Hall–Kier alpha value is -2.13. The fourth-order valence-electron chi connectivity index (χ4n) is 3.34. The van der Waals surface area contributed by atoms with E-state index < -0.39 is 11.7 Å². The van der Waals surface area contributed by atoms with Crippen LogP contribution in [0.5, 0.6) is 0 Å². The highest BCUT2D eigenvalue weighted by Gasteiger charge is 2.25. The quantitative estimate of drug-likeness (QED) is 0.660. The lowest BCUT2D eigenvalue weighted by Crippen LogP contribution is -3.14. The number of alkyl carbamates (subject to hydrolysis) is 1. The molecule has 0 unspecified atom stereocenters. The van der Waals surface area contributed by atoms with Crippen LogP contribution in [0.15, 0.2) is 6.07 Å². The first-order valence-corrected chi connectivity index (χ1v) is 10.3. The maximum atomic E-state index is 13.2. The van der Waals surface area contributed by atoms with Crippen LogP contribution in [-0.4, -0.2) is 84.3 Å². The summed E-state index contributed by atoms with van der Waals surface area (Å²) in [6, 6.07) is 1.55. The molecular weight excluding hydrogens is 374 g/mol. The van der Waals surface area contributed by atoms with Crippen molar-refractivity contribution in [3.05, 3.63) is 17.5 Å². The molecule has 2 amide bonds. The Kier molecular flexibility index (Phi) is 8.04. The van der Waals surface area contributed by atoms with Crippen LogP contribution < -0.4 is 10.2 Å². The summed E-state index contributed by atoms with van der Waals surface area (Å²) in [7, 11) is 1.77. The number of hydrogen-bond acceptors (Lipinski definition) is 5. The lowest BCUT2D eigenvalue weighted by Gasteiger charge is -2.30. The van der Waals surface area contributed by atoms with Gasteiger partial charge in [-0.15, -0.1) is 0 Å². The number of aromatic nitrogens is 2. The zero-order valence-electron chi connectivity index (χ0n) is 18.6. The lowest BCUT2D eigenvalue weighted by atomic mass is 10.2. The molecular formula is C20H36N5O4+. The molecule has 2 N–H and O–H groups in total. The fraction of sp³-hybridized carbons (Fsp3) is 0.750. The molecule has 9 nitrogen and oxygen atoms in total. The number of amides is 2. The van der Waals surface area contributed by atoms with Crippen molar-refractivity contribution in [1.29, 1.82) is 0 Å². The third-order valence-corrected chi connectivity index (χ3v) is 4.70. The summed E-state index contributed by atoms with van der Waals surface area (Å²) in [5, 5.41) is 7.12. The predicted octanol–water partition coefficient (Wildman–Crippen LogP) is -0.000980. The highest BCUT2D eigenvalue weighted by Crippen LogP contribution is 2.09. The van der Waals surface area contributed by atoms with E-state index in [-0.39, 0.29) is 11.9 Å². The summed E-state index contributed by atoms with van der Waals surface area (Å²) in [5.41, 5.74) is 0.782. The first kappa shape index (κ1) is 23.2. The van der Waals surface area contributed by atoms with Crippen LogP contribution in [0.1, 0.15) is 43.9 Å². The minimum absolute atomic E-state index is 0.0846. The molecule has 1 saturated heterocycles. The molecule has 1 aliphatic rings. The Morgan fingerprint density at radius 3 is 2.59 bits per heavy atom. The van der Waals surface area contributed by atoms with E-state index in [4.69, 9.17) is 9.47 Å². The van der Waals surface area contributed by atoms with Gasteiger partial charge in [-0.25, -0.2) is 4.79 Å². The summed E-state index contributed by atoms with van der Waals surface area (Å²) in [6.45, 7) is 14.4. The van der Waals surface area contributed by atoms with E-state index in [9.17, 15) is 9.59 Å². The van der Waals surface area contributed by atoms with Crippen LogP contribution >= 0.6 is 0 Å². The van der Waals surface area contributed by atoms with Crippen molar-refractivity contribution in [2.45, 2.75) is 46.3 Å². The number of nitrogens with one attached hydrogen (secondary N) is 2. The molecule has 0 saturated carbocycles. The lowest BCUT2D eigenvalue weighted by molar-refractivity contribution is -0.907. The molecule has 9 heteroatoms. The minimum atomic E-state index is -0.564. The monoisotopic (exact) mass is 410 g/mol. The number of quaternary nitrogens is 1. The van der Waals surface area contributed by atoms with Gasteiger partial charge in [0.15, 0.2) is 0 Å². The van der Waals surface area contributed by atoms with Crippen molar-refractivity contribution in [3.63, 3.8) is 0 Å². The Bertz CT molecular complexity index is 692. The average molecular weight is 411 g/mol. The van der Waals surface area contributed by atoms with Gasteiger partial charge in [-0.1, -0.05) is 0 Å². The van der Waals surface area contributed by atoms with Crippen molar-refractivity contribution >= 4 is 12.0 Å². The standard InChI is InChI=1S/C20H35N5O4/c1-15-13-17(23(6)22-15)18(26)25(8-7-24-9-11-28-12-10-24)14-16(2)21-19(27)29-20(3,4)5/h13,16H,7-12,14H2,1-6H3,(H,21,27)/p+1/t16-/m1/s1. The summed E-state index contributed by atoms with van der Waals surface area (Å²) < 4.78 is 12.4. The zero-order chi connectivity index (χ0) is 21.6. The second-order valence-corrected chi connectivity index (χ2v) is 8.71. The van der Waals surface area contributed by atoms with Gasteiger partial charge in [-0.3, -0.25) is 9.48 Å². The molecule has 1 aliphatic heterocycles. The average Bonchev–Trinajstić information content (AvgIpc) is 2.95. The van der Waals surface area contributed by atoms with Gasteiger partial charge >= 0.3 is 6.09 Å². The van der Waals surface area contributed by atoms with E-state index in [0.717, 1.165) is 38.5 Å². The molecule has 0 aliphatic carbocycles. The predicted molar refractivity (Wildman–Crippen MR) is 109 cm³/mol. The van der Waals surface area contributed by atoms with E-state index in [1.54, 1.807) is 22.7 Å². The molecule has 0 bridgehead atoms. The number of aryl methyl sites for hydroxylation is 2. The molecule has 1 aromatic heterocycles. The number of carbonyl (C=O) groups excluding carboxylic acids is 2. The highest BCUT2D eigenvalue weighted by atomic mass is 16.6. The van der Waals surface area contributed by atoms with Gasteiger partial charge in [0.25, 0.3) is 5.91 Å². The minimum Gasteiger partial charge on any atom is -0.444 e. The third-order valence-electron chi connectivity index (χ3n) is 4.70. The molecule has 29 heavy (non-hydrogen) atoms. The summed E-state index contributed by atoms with van der Waals surface area (Å²) in [6.07, 6.45) is -0.479. The van der Waals surface area contributed by atoms with Gasteiger partial charge in [0, 0.05) is 19.6 Å². The van der Waals surface area contributed by atoms with Crippen molar-refractivity contribution in [2.24, 2.45) is 7.05 Å². The van der Waals surface area contributed by atoms with E-state index in [2.05, 4.69) is 10.4 Å².